The van der Waals surface area contributed by atoms with Crippen molar-refractivity contribution >= 4 is 17.3 Å². The first-order chi connectivity index (χ1) is 11.6. The number of carbonyl (C=O) groups is 1. The van der Waals surface area contributed by atoms with Crippen LogP contribution >= 0.6 is 0 Å². The molecule has 0 aromatic heterocycles. The van der Waals surface area contributed by atoms with E-state index in [0.717, 1.165) is 25.2 Å². The fraction of sp³-hybridized carbons (Fsp3) is 0.650. The Morgan fingerprint density at radius 2 is 1.75 bits per heavy atom. The minimum absolute atomic E-state index is 0.257. The second-order valence-electron chi connectivity index (χ2n) is 7.41. The first-order valence-electron chi connectivity index (χ1n) is 9.51. The minimum atomic E-state index is 0.257. The van der Waals surface area contributed by atoms with E-state index in [4.69, 9.17) is 0 Å². The standard InChI is InChI=1S/C20H31N3O/c1-4-15(2)21-17-11-13-22(14-12-17)18-6-8-19(9-7-18)23-16(3)5-10-20(23)24/h6-9,15-17,21H,4-5,10-14H2,1-3H3/t15-,16+/m1/s1. The molecule has 4 heteroatoms. The highest BCUT2D eigenvalue weighted by Crippen LogP contribution is 2.29. The van der Waals surface area contributed by atoms with Crippen LogP contribution in [0.1, 0.15) is 52.9 Å². The van der Waals surface area contributed by atoms with E-state index in [2.05, 4.69) is 55.3 Å². The van der Waals surface area contributed by atoms with Crippen LogP contribution in [-0.4, -0.2) is 37.1 Å². The Bertz CT molecular complexity index is 549. The Kier molecular flexibility index (Phi) is 5.44. The zero-order valence-corrected chi connectivity index (χ0v) is 15.3. The highest BCUT2D eigenvalue weighted by molar-refractivity contribution is 5.96. The van der Waals surface area contributed by atoms with Crippen molar-refractivity contribution in [2.45, 2.75) is 71.0 Å². The molecule has 0 aliphatic carbocycles. The van der Waals surface area contributed by atoms with Crippen molar-refractivity contribution in [2.24, 2.45) is 0 Å². The van der Waals surface area contributed by atoms with Gasteiger partial charge in [-0.1, -0.05) is 6.92 Å². The second-order valence-corrected chi connectivity index (χ2v) is 7.41. The van der Waals surface area contributed by atoms with E-state index in [-0.39, 0.29) is 5.91 Å². The van der Waals surface area contributed by atoms with Crippen molar-refractivity contribution in [1.82, 2.24) is 5.32 Å². The molecule has 2 aliphatic rings. The number of rotatable bonds is 5. The number of anilines is 2. The van der Waals surface area contributed by atoms with Gasteiger partial charge in [0.1, 0.15) is 0 Å². The molecule has 24 heavy (non-hydrogen) atoms. The van der Waals surface area contributed by atoms with E-state index in [0.29, 0.717) is 24.5 Å². The summed E-state index contributed by atoms with van der Waals surface area (Å²) in [7, 11) is 0. The summed E-state index contributed by atoms with van der Waals surface area (Å²) in [6, 6.07) is 10.2. The summed E-state index contributed by atoms with van der Waals surface area (Å²) in [6.45, 7) is 8.85. The molecule has 0 bridgehead atoms. The Morgan fingerprint density at radius 3 is 2.29 bits per heavy atom. The van der Waals surface area contributed by atoms with E-state index < -0.39 is 0 Å². The van der Waals surface area contributed by atoms with Gasteiger partial charge in [-0.25, -0.2) is 0 Å². The third kappa shape index (κ3) is 3.75. The highest BCUT2D eigenvalue weighted by atomic mass is 16.2. The summed E-state index contributed by atoms with van der Waals surface area (Å²) >= 11 is 0. The smallest absolute Gasteiger partial charge is 0.227 e. The topological polar surface area (TPSA) is 35.6 Å². The first-order valence-corrected chi connectivity index (χ1v) is 9.51. The molecule has 1 amide bonds. The number of benzene rings is 1. The summed E-state index contributed by atoms with van der Waals surface area (Å²) in [6.07, 6.45) is 5.24. The van der Waals surface area contributed by atoms with E-state index in [9.17, 15) is 4.79 Å². The summed E-state index contributed by atoms with van der Waals surface area (Å²) in [5, 5.41) is 3.73. The number of piperidine rings is 1. The van der Waals surface area contributed by atoms with E-state index >= 15 is 0 Å². The number of hydrogen-bond acceptors (Lipinski definition) is 3. The van der Waals surface area contributed by atoms with Crippen LogP contribution in [-0.2, 0) is 4.79 Å². The third-order valence-electron chi connectivity index (χ3n) is 5.61. The van der Waals surface area contributed by atoms with Gasteiger partial charge in [0, 0.05) is 49.0 Å². The quantitative estimate of drug-likeness (QED) is 0.897. The summed E-state index contributed by atoms with van der Waals surface area (Å²) in [5.74, 6) is 0.257. The van der Waals surface area contributed by atoms with Gasteiger partial charge in [0.15, 0.2) is 0 Å². The molecule has 0 saturated carbocycles. The van der Waals surface area contributed by atoms with Gasteiger partial charge in [-0.15, -0.1) is 0 Å². The lowest BCUT2D eigenvalue weighted by Gasteiger charge is -2.35. The molecule has 1 aromatic rings. The van der Waals surface area contributed by atoms with Gasteiger partial charge in [0.25, 0.3) is 0 Å². The summed E-state index contributed by atoms with van der Waals surface area (Å²) in [4.78, 5) is 16.4. The van der Waals surface area contributed by atoms with Gasteiger partial charge in [0.2, 0.25) is 5.91 Å². The number of nitrogens with one attached hydrogen (secondary N) is 1. The average molecular weight is 329 g/mol. The van der Waals surface area contributed by atoms with Crippen molar-refractivity contribution in [2.75, 3.05) is 22.9 Å². The summed E-state index contributed by atoms with van der Waals surface area (Å²) in [5.41, 5.74) is 2.32. The molecular formula is C20H31N3O. The predicted octanol–water partition coefficient (Wildman–Crippen LogP) is 3.56. The Hall–Kier alpha value is -1.55. The molecule has 2 atom stereocenters. The molecule has 2 fully saturated rings. The fourth-order valence-electron chi connectivity index (χ4n) is 3.87. The van der Waals surface area contributed by atoms with Crippen LogP contribution in [0.3, 0.4) is 0 Å². The monoisotopic (exact) mass is 329 g/mol. The second kappa shape index (κ2) is 7.56. The van der Waals surface area contributed by atoms with Crippen LogP contribution in [0.4, 0.5) is 11.4 Å². The van der Waals surface area contributed by atoms with Crippen LogP contribution in [0.25, 0.3) is 0 Å². The highest BCUT2D eigenvalue weighted by Gasteiger charge is 2.28. The van der Waals surface area contributed by atoms with Crippen LogP contribution in [0.2, 0.25) is 0 Å². The normalized spacial score (nSPS) is 23.8. The van der Waals surface area contributed by atoms with E-state index in [1.807, 2.05) is 4.90 Å². The average Bonchev–Trinajstić information content (AvgIpc) is 2.94. The van der Waals surface area contributed by atoms with Gasteiger partial charge in [0.05, 0.1) is 0 Å². The van der Waals surface area contributed by atoms with E-state index in [1.54, 1.807) is 0 Å². The molecule has 2 aliphatic heterocycles. The largest absolute Gasteiger partial charge is 0.371 e. The van der Waals surface area contributed by atoms with Crippen molar-refractivity contribution in [3.8, 4) is 0 Å². The van der Waals surface area contributed by atoms with Crippen LogP contribution in [0.5, 0.6) is 0 Å². The van der Waals surface area contributed by atoms with Gasteiger partial charge in [-0.05, 0) is 63.8 Å². The zero-order valence-electron chi connectivity index (χ0n) is 15.3. The first kappa shape index (κ1) is 17.3. The molecule has 132 valence electrons. The van der Waals surface area contributed by atoms with Crippen LogP contribution in [0, 0.1) is 0 Å². The lowest BCUT2D eigenvalue weighted by Crippen LogP contribution is -2.45. The molecule has 2 saturated heterocycles. The third-order valence-corrected chi connectivity index (χ3v) is 5.61. The number of carbonyl (C=O) groups excluding carboxylic acids is 1. The Balaban J connectivity index is 1.58. The summed E-state index contributed by atoms with van der Waals surface area (Å²) < 4.78 is 0. The lowest BCUT2D eigenvalue weighted by atomic mass is 10.0. The molecular weight excluding hydrogens is 298 g/mol. The Morgan fingerprint density at radius 1 is 1.12 bits per heavy atom. The number of nitrogens with zero attached hydrogens (tertiary/aromatic N) is 2. The molecule has 0 spiro atoms. The van der Waals surface area contributed by atoms with Crippen molar-refractivity contribution in [1.29, 1.82) is 0 Å². The molecule has 3 rings (SSSR count). The molecule has 1 aromatic carbocycles. The number of amides is 1. The van der Waals surface area contributed by atoms with Crippen LogP contribution < -0.4 is 15.1 Å². The van der Waals surface area contributed by atoms with E-state index in [1.165, 1.54) is 24.9 Å². The lowest BCUT2D eigenvalue weighted by molar-refractivity contribution is -0.117. The van der Waals surface area contributed by atoms with Crippen molar-refractivity contribution < 1.29 is 4.79 Å². The molecule has 1 N–H and O–H groups in total. The van der Waals surface area contributed by atoms with Crippen molar-refractivity contribution in [3.05, 3.63) is 24.3 Å². The molecule has 0 radical (unpaired) electrons. The van der Waals surface area contributed by atoms with Gasteiger partial charge in [-0.3, -0.25) is 4.79 Å². The maximum Gasteiger partial charge on any atom is 0.227 e. The maximum atomic E-state index is 12.0. The fourth-order valence-corrected chi connectivity index (χ4v) is 3.87. The van der Waals surface area contributed by atoms with Gasteiger partial charge >= 0.3 is 0 Å². The zero-order chi connectivity index (χ0) is 17.1. The van der Waals surface area contributed by atoms with Crippen molar-refractivity contribution in [3.63, 3.8) is 0 Å². The maximum absolute atomic E-state index is 12.0. The molecule has 4 nitrogen and oxygen atoms in total. The number of hydrogen-bond donors (Lipinski definition) is 1. The predicted molar refractivity (Wildman–Crippen MR) is 101 cm³/mol. The Labute approximate surface area is 146 Å². The SMILES string of the molecule is CC[C@@H](C)NC1CCN(c2ccc(N3C(=O)CC[C@@H]3C)cc2)CC1. The van der Waals surface area contributed by atoms with Crippen LogP contribution in [0.15, 0.2) is 24.3 Å². The molecule has 0 unspecified atom stereocenters. The minimum Gasteiger partial charge on any atom is -0.371 e. The van der Waals surface area contributed by atoms with Gasteiger partial charge < -0.3 is 15.1 Å². The van der Waals surface area contributed by atoms with Gasteiger partial charge in [-0.2, -0.15) is 0 Å². The molecule has 2 heterocycles.